The van der Waals surface area contributed by atoms with Crippen LogP contribution in [0.5, 0.6) is 11.6 Å². The lowest BCUT2D eigenvalue weighted by molar-refractivity contribution is 0.461. The van der Waals surface area contributed by atoms with Crippen LogP contribution in [0.1, 0.15) is 18.2 Å². The molecule has 0 saturated heterocycles. The zero-order valence-corrected chi connectivity index (χ0v) is 12.6. The third-order valence-corrected chi connectivity index (χ3v) is 3.68. The molecule has 0 saturated carbocycles. The van der Waals surface area contributed by atoms with Crippen molar-refractivity contribution >= 4 is 22.4 Å². The summed E-state index contributed by atoms with van der Waals surface area (Å²) in [5.41, 5.74) is 2.02. The molecule has 0 aliphatic rings. The molecule has 106 valence electrons. The van der Waals surface area contributed by atoms with E-state index < -0.39 is 0 Å². The molecule has 0 N–H and O–H groups in total. The zero-order chi connectivity index (χ0) is 14.7. The lowest BCUT2D eigenvalue weighted by Gasteiger charge is -2.09. The van der Waals surface area contributed by atoms with Crippen molar-refractivity contribution in [1.82, 2.24) is 4.98 Å². The van der Waals surface area contributed by atoms with E-state index in [1.54, 1.807) is 0 Å². The molecule has 0 bridgehead atoms. The second kappa shape index (κ2) is 6.15. The van der Waals surface area contributed by atoms with Gasteiger partial charge in [-0.2, -0.15) is 0 Å². The molecule has 3 aromatic rings. The number of alkyl halides is 1. The summed E-state index contributed by atoms with van der Waals surface area (Å²) in [5.74, 6) is 1.85. The summed E-state index contributed by atoms with van der Waals surface area (Å²) < 4.78 is 5.90. The Morgan fingerprint density at radius 2 is 1.81 bits per heavy atom. The van der Waals surface area contributed by atoms with E-state index in [0.29, 0.717) is 11.8 Å². The van der Waals surface area contributed by atoms with Crippen molar-refractivity contribution in [2.75, 3.05) is 0 Å². The number of pyridine rings is 1. The molecule has 0 atom stereocenters. The van der Waals surface area contributed by atoms with Crippen LogP contribution in [0.2, 0.25) is 0 Å². The number of nitrogens with zero attached hydrogens (tertiary/aromatic N) is 1. The van der Waals surface area contributed by atoms with Crippen molar-refractivity contribution < 1.29 is 4.74 Å². The van der Waals surface area contributed by atoms with Crippen molar-refractivity contribution in [3.8, 4) is 11.6 Å². The molecule has 2 nitrogen and oxygen atoms in total. The standard InChI is InChI=1S/C18H16ClNO/c1-2-16-9-13(12-19)10-18(20-16)21-17-8-7-14-5-3-4-6-15(14)11-17/h3-11H,2,12H2,1H3. The molecule has 0 amide bonds. The van der Waals surface area contributed by atoms with Gasteiger partial charge < -0.3 is 4.74 Å². The van der Waals surface area contributed by atoms with Gasteiger partial charge in [0, 0.05) is 17.6 Å². The van der Waals surface area contributed by atoms with Gasteiger partial charge in [-0.05, 0) is 41.0 Å². The molecule has 0 aliphatic carbocycles. The van der Waals surface area contributed by atoms with E-state index >= 15 is 0 Å². The monoisotopic (exact) mass is 297 g/mol. The minimum Gasteiger partial charge on any atom is -0.439 e. The van der Waals surface area contributed by atoms with Crippen LogP contribution in [0.25, 0.3) is 10.8 Å². The first-order valence-corrected chi connectivity index (χ1v) is 7.54. The van der Waals surface area contributed by atoms with Gasteiger partial charge in [0.1, 0.15) is 5.75 Å². The molecule has 0 radical (unpaired) electrons. The number of rotatable bonds is 4. The Balaban J connectivity index is 1.94. The van der Waals surface area contributed by atoms with Gasteiger partial charge in [-0.1, -0.05) is 37.3 Å². The van der Waals surface area contributed by atoms with E-state index in [0.717, 1.165) is 28.8 Å². The Labute approximate surface area is 129 Å². The number of hydrogen-bond donors (Lipinski definition) is 0. The van der Waals surface area contributed by atoms with E-state index in [-0.39, 0.29) is 0 Å². The molecule has 3 rings (SSSR count). The predicted octanol–water partition coefficient (Wildman–Crippen LogP) is 5.33. The third-order valence-electron chi connectivity index (χ3n) is 3.37. The molecule has 2 aromatic carbocycles. The summed E-state index contributed by atoms with van der Waals surface area (Å²) in [6.07, 6.45) is 0.860. The SMILES string of the molecule is CCc1cc(CCl)cc(Oc2ccc3ccccc3c2)n1. The van der Waals surface area contributed by atoms with Gasteiger partial charge in [-0.25, -0.2) is 4.98 Å². The van der Waals surface area contributed by atoms with Gasteiger partial charge in [0.2, 0.25) is 5.88 Å². The summed E-state index contributed by atoms with van der Waals surface area (Å²) in [6.45, 7) is 2.07. The topological polar surface area (TPSA) is 22.1 Å². The summed E-state index contributed by atoms with van der Waals surface area (Å²) >= 11 is 5.93. The van der Waals surface area contributed by atoms with Gasteiger partial charge in [-0.15, -0.1) is 11.6 Å². The molecule has 0 fully saturated rings. The van der Waals surface area contributed by atoms with Gasteiger partial charge in [0.05, 0.1) is 0 Å². The van der Waals surface area contributed by atoms with Crippen LogP contribution in [0.3, 0.4) is 0 Å². The normalized spacial score (nSPS) is 10.8. The van der Waals surface area contributed by atoms with Gasteiger partial charge in [-0.3, -0.25) is 0 Å². The first kappa shape index (κ1) is 13.9. The highest BCUT2D eigenvalue weighted by Crippen LogP contribution is 2.26. The maximum atomic E-state index is 5.93. The molecular weight excluding hydrogens is 282 g/mol. The Hall–Kier alpha value is -2.06. The van der Waals surface area contributed by atoms with E-state index in [9.17, 15) is 0 Å². The van der Waals surface area contributed by atoms with E-state index in [2.05, 4.69) is 30.1 Å². The largest absolute Gasteiger partial charge is 0.439 e. The Bertz CT molecular complexity index is 748. The highest BCUT2D eigenvalue weighted by molar-refractivity contribution is 6.17. The highest BCUT2D eigenvalue weighted by Gasteiger charge is 2.04. The van der Waals surface area contributed by atoms with Crippen LogP contribution < -0.4 is 4.74 Å². The summed E-state index contributed by atoms with van der Waals surface area (Å²) in [4.78, 5) is 4.49. The zero-order valence-electron chi connectivity index (χ0n) is 11.8. The number of fused-ring (bicyclic) bond motifs is 1. The molecule has 1 aromatic heterocycles. The molecule has 21 heavy (non-hydrogen) atoms. The number of aryl methyl sites for hydroxylation is 1. The number of benzene rings is 2. The Morgan fingerprint density at radius 3 is 2.57 bits per heavy atom. The van der Waals surface area contributed by atoms with Crippen LogP contribution in [0, 0.1) is 0 Å². The van der Waals surface area contributed by atoms with Crippen LogP contribution in [-0.2, 0) is 12.3 Å². The van der Waals surface area contributed by atoms with Crippen molar-refractivity contribution in [3.05, 3.63) is 65.9 Å². The quantitative estimate of drug-likeness (QED) is 0.607. The fourth-order valence-corrected chi connectivity index (χ4v) is 2.44. The first-order valence-electron chi connectivity index (χ1n) is 7.01. The maximum absolute atomic E-state index is 5.93. The Kier molecular flexibility index (Phi) is 4.07. The predicted molar refractivity (Wildman–Crippen MR) is 87.2 cm³/mol. The van der Waals surface area contributed by atoms with Gasteiger partial charge in [0.15, 0.2) is 0 Å². The molecule has 1 heterocycles. The molecular formula is C18H16ClNO. The van der Waals surface area contributed by atoms with E-state index in [1.807, 2.05) is 36.4 Å². The van der Waals surface area contributed by atoms with Gasteiger partial charge in [0.25, 0.3) is 0 Å². The van der Waals surface area contributed by atoms with Crippen LogP contribution in [-0.4, -0.2) is 4.98 Å². The second-order valence-corrected chi connectivity index (χ2v) is 5.17. The summed E-state index contributed by atoms with van der Waals surface area (Å²) in [7, 11) is 0. The minimum absolute atomic E-state index is 0.462. The minimum atomic E-state index is 0.462. The lowest BCUT2D eigenvalue weighted by atomic mass is 10.1. The number of aromatic nitrogens is 1. The number of halogens is 1. The Morgan fingerprint density at radius 1 is 1.00 bits per heavy atom. The molecule has 0 aliphatic heterocycles. The molecule has 3 heteroatoms. The lowest BCUT2D eigenvalue weighted by Crippen LogP contribution is -1.95. The fourth-order valence-electron chi connectivity index (χ4n) is 2.28. The summed E-state index contributed by atoms with van der Waals surface area (Å²) in [6, 6.07) is 18.1. The van der Waals surface area contributed by atoms with Crippen molar-refractivity contribution in [1.29, 1.82) is 0 Å². The first-order chi connectivity index (χ1) is 10.3. The average molecular weight is 298 g/mol. The fraction of sp³-hybridized carbons (Fsp3) is 0.167. The van der Waals surface area contributed by atoms with Gasteiger partial charge >= 0.3 is 0 Å². The average Bonchev–Trinajstić information content (AvgIpc) is 2.54. The summed E-state index contributed by atoms with van der Waals surface area (Å²) in [5, 5.41) is 2.35. The van der Waals surface area contributed by atoms with Crippen LogP contribution in [0.4, 0.5) is 0 Å². The number of ether oxygens (including phenoxy) is 1. The third kappa shape index (κ3) is 3.17. The van der Waals surface area contributed by atoms with Crippen LogP contribution in [0.15, 0.2) is 54.6 Å². The second-order valence-electron chi connectivity index (χ2n) is 4.90. The van der Waals surface area contributed by atoms with E-state index in [4.69, 9.17) is 16.3 Å². The highest BCUT2D eigenvalue weighted by atomic mass is 35.5. The molecule has 0 unspecified atom stereocenters. The van der Waals surface area contributed by atoms with E-state index in [1.165, 1.54) is 5.39 Å². The van der Waals surface area contributed by atoms with Crippen molar-refractivity contribution in [2.24, 2.45) is 0 Å². The van der Waals surface area contributed by atoms with Crippen molar-refractivity contribution in [2.45, 2.75) is 19.2 Å². The maximum Gasteiger partial charge on any atom is 0.219 e. The van der Waals surface area contributed by atoms with Crippen molar-refractivity contribution in [3.63, 3.8) is 0 Å². The smallest absolute Gasteiger partial charge is 0.219 e. The van der Waals surface area contributed by atoms with Crippen LogP contribution >= 0.6 is 11.6 Å². The molecule has 0 spiro atoms. The number of hydrogen-bond acceptors (Lipinski definition) is 2.